The number of benzene rings is 3. The molecule has 2 aromatic heterocycles. The quantitative estimate of drug-likeness (QED) is 0.234. The van der Waals surface area contributed by atoms with E-state index in [1.807, 2.05) is 76.2 Å². The molecule has 0 atom stereocenters. The fourth-order valence-corrected chi connectivity index (χ4v) is 5.77. The lowest BCUT2D eigenvalue weighted by Gasteiger charge is -2.25. The molecule has 0 N–H and O–H groups in total. The van der Waals surface area contributed by atoms with E-state index in [1.165, 1.54) is 11.8 Å². The molecule has 3 aromatic carbocycles. The van der Waals surface area contributed by atoms with Crippen LogP contribution in [0, 0.1) is 0 Å². The van der Waals surface area contributed by atoms with Crippen molar-refractivity contribution in [1.82, 2.24) is 19.7 Å². The Morgan fingerprint density at radius 3 is 2.15 bits per heavy atom. The zero-order valence-corrected chi connectivity index (χ0v) is 23.0. The van der Waals surface area contributed by atoms with Crippen molar-refractivity contribution < 1.29 is 14.3 Å². The number of hydrogen-bond donors (Lipinski definition) is 0. The van der Waals surface area contributed by atoms with Crippen LogP contribution < -0.4 is 14.4 Å². The average molecular weight is 550 g/mol. The molecule has 0 bridgehead atoms. The number of aromatic nitrogens is 4. The van der Waals surface area contributed by atoms with Crippen LogP contribution in [-0.2, 0) is 17.6 Å². The minimum atomic E-state index is -0.0376. The van der Waals surface area contributed by atoms with Gasteiger partial charge in [0, 0.05) is 24.0 Å². The minimum Gasteiger partial charge on any atom is -0.497 e. The number of carbonyl (C=O) groups is 1. The van der Waals surface area contributed by atoms with Crippen LogP contribution in [0.1, 0.15) is 11.1 Å². The number of para-hydroxylation sites is 2. The SMILES string of the molecule is COc1ccc(OC)c(-n2c(SCC(=O)N3c4ccccc4CCc4ccccc43)nnc2-c2ccncc2)c1. The van der Waals surface area contributed by atoms with Crippen molar-refractivity contribution >= 4 is 29.0 Å². The monoisotopic (exact) mass is 549 g/mol. The molecule has 0 radical (unpaired) electrons. The number of ether oxygens (including phenoxy) is 2. The third-order valence-corrected chi connectivity index (χ3v) is 7.82. The summed E-state index contributed by atoms with van der Waals surface area (Å²) in [5.74, 6) is 2.01. The van der Waals surface area contributed by atoms with E-state index in [2.05, 4.69) is 27.3 Å². The number of aryl methyl sites for hydroxylation is 2. The summed E-state index contributed by atoms with van der Waals surface area (Å²) in [6.07, 6.45) is 5.18. The molecule has 8 nitrogen and oxygen atoms in total. The van der Waals surface area contributed by atoms with Crippen molar-refractivity contribution in [2.24, 2.45) is 0 Å². The van der Waals surface area contributed by atoms with Gasteiger partial charge in [-0.1, -0.05) is 48.2 Å². The highest BCUT2D eigenvalue weighted by Crippen LogP contribution is 2.38. The molecule has 9 heteroatoms. The van der Waals surface area contributed by atoms with Crippen molar-refractivity contribution in [3.63, 3.8) is 0 Å². The van der Waals surface area contributed by atoms with E-state index in [4.69, 9.17) is 9.47 Å². The number of nitrogens with zero attached hydrogens (tertiary/aromatic N) is 5. The number of rotatable bonds is 7. The van der Waals surface area contributed by atoms with Gasteiger partial charge in [-0.05, 0) is 60.4 Å². The van der Waals surface area contributed by atoms with Crippen LogP contribution in [0.5, 0.6) is 11.5 Å². The number of carbonyl (C=O) groups excluding carboxylic acids is 1. The van der Waals surface area contributed by atoms with Crippen LogP contribution in [-0.4, -0.2) is 45.6 Å². The maximum absolute atomic E-state index is 14.0. The summed E-state index contributed by atoms with van der Waals surface area (Å²) < 4.78 is 13.1. The Morgan fingerprint density at radius 2 is 1.50 bits per heavy atom. The fourth-order valence-electron chi connectivity index (χ4n) is 4.98. The van der Waals surface area contributed by atoms with Crippen LogP contribution >= 0.6 is 11.8 Å². The molecule has 5 aromatic rings. The van der Waals surface area contributed by atoms with Gasteiger partial charge in [-0.3, -0.25) is 19.2 Å². The number of pyridine rings is 1. The van der Waals surface area contributed by atoms with E-state index in [9.17, 15) is 4.79 Å². The molecule has 6 rings (SSSR count). The van der Waals surface area contributed by atoms with E-state index < -0.39 is 0 Å². The predicted molar refractivity (Wildman–Crippen MR) is 156 cm³/mol. The first-order valence-corrected chi connectivity index (χ1v) is 13.9. The Balaban J connectivity index is 1.40. The van der Waals surface area contributed by atoms with Gasteiger partial charge in [0.05, 0.1) is 37.0 Å². The van der Waals surface area contributed by atoms with Gasteiger partial charge >= 0.3 is 0 Å². The van der Waals surface area contributed by atoms with E-state index in [0.29, 0.717) is 28.2 Å². The van der Waals surface area contributed by atoms with E-state index in [0.717, 1.165) is 40.9 Å². The molecule has 1 aliphatic rings. The Labute approximate surface area is 236 Å². The summed E-state index contributed by atoms with van der Waals surface area (Å²) in [6, 6.07) is 25.5. The second-order valence-electron chi connectivity index (χ2n) is 9.19. The largest absolute Gasteiger partial charge is 0.497 e. The van der Waals surface area contributed by atoms with Crippen molar-refractivity contribution in [3.8, 4) is 28.6 Å². The number of amides is 1. The predicted octanol–water partition coefficient (Wildman–Crippen LogP) is 5.90. The highest BCUT2D eigenvalue weighted by molar-refractivity contribution is 7.99. The van der Waals surface area contributed by atoms with Gasteiger partial charge in [0.15, 0.2) is 11.0 Å². The Bertz CT molecular complexity index is 1620. The minimum absolute atomic E-state index is 0.0376. The molecular formula is C31H27N5O3S. The normalized spacial score (nSPS) is 12.3. The first-order chi connectivity index (χ1) is 19.7. The number of hydrogen-bond acceptors (Lipinski definition) is 7. The lowest BCUT2D eigenvalue weighted by atomic mass is 10.0. The van der Waals surface area contributed by atoms with E-state index in [1.54, 1.807) is 26.6 Å². The molecular weight excluding hydrogens is 522 g/mol. The number of thioether (sulfide) groups is 1. The van der Waals surface area contributed by atoms with Gasteiger partial charge in [0.1, 0.15) is 11.5 Å². The van der Waals surface area contributed by atoms with Crippen LogP contribution in [0.4, 0.5) is 11.4 Å². The Morgan fingerprint density at radius 1 is 0.825 bits per heavy atom. The van der Waals surface area contributed by atoms with Crippen LogP contribution in [0.25, 0.3) is 17.1 Å². The van der Waals surface area contributed by atoms with Crippen molar-refractivity contribution in [2.45, 2.75) is 18.0 Å². The van der Waals surface area contributed by atoms with Crippen molar-refractivity contribution in [1.29, 1.82) is 0 Å². The van der Waals surface area contributed by atoms with Crippen LogP contribution in [0.2, 0.25) is 0 Å². The van der Waals surface area contributed by atoms with Gasteiger partial charge in [-0.2, -0.15) is 0 Å². The molecule has 0 aliphatic carbocycles. The summed E-state index contributed by atoms with van der Waals surface area (Å²) in [5.41, 5.74) is 5.69. The second-order valence-corrected chi connectivity index (χ2v) is 10.1. The average Bonchev–Trinajstić information content (AvgIpc) is 3.36. The van der Waals surface area contributed by atoms with Gasteiger partial charge < -0.3 is 9.47 Å². The lowest BCUT2D eigenvalue weighted by Crippen LogP contribution is -2.28. The molecule has 3 heterocycles. The molecule has 0 spiro atoms. The molecule has 40 heavy (non-hydrogen) atoms. The number of methoxy groups -OCH3 is 2. The summed E-state index contributed by atoms with van der Waals surface area (Å²) in [4.78, 5) is 20.0. The molecule has 0 saturated heterocycles. The molecule has 200 valence electrons. The third kappa shape index (κ3) is 4.80. The summed E-state index contributed by atoms with van der Waals surface area (Å²) in [7, 11) is 3.24. The summed E-state index contributed by atoms with van der Waals surface area (Å²) in [6.45, 7) is 0. The summed E-state index contributed by atoms with van der Waals surface area (Å²) in [5, 5.41) is 9.58. The van der Waals surface area contributed by atoms with Gasteiger partial charge in [-0.25, -0.2) is 0 Å². The topological polar surface area (TPSA) is 82.4 Å². The maximum Gasteiger partial charge on any atom is 0.242 e. The highest BCUT2D eigenvalue weighted by atomic mass is 32.2. The zero-order valence-electron chi connectivity index (χ0n) is 22.2. The third-order valence-electron chi connectivity index (χ3n) is 6.90. The second kappa shape index (κ2) is 11.2. The summed E-state index contributed by atoms with van der Waals surface area (Å²) >= 11 is 1.33. The fraction of sp³-hybridized carbons (Fsp3) is 0.161. The molecule has 0 unspecified atom stereocenters. The first-order valence-electron chi connectivity index (χ1n) is 12.9. The highest BCUT2D eigenvalue weighted by Gasteiger charge is 2.27. The molecule has 1 aliphatic heterocycles. The lowest BCUT2D eigenvalue weighted by molar-refractivity contribution is -0.115. The molecule has 0 saturated carbocycles. The Kier molecular flexibility index (Phi) is 7.20. The van der Waals surface area contributed by atoms with Gasteiger partial charge in [-0.15, -0.1) is 10.2 Å². The number of fused-ring (bicyclic) bond motifs is 2. The van der Waals surface area contributed by atoms with Crippen LogP contribution in [0.3, 0.4) is 0 Å². The molecule has 0 fully saturated rings. The van der Waals surface area contributed by atoms with Gasteiger partial charge in [0.25, 0.3) is 0 Å². The van der Waals surface area contributed by atoms with Crippen molar-refractivity contribution in [2.75, 3.05) is 24.9 Å². The zero-order chi connectivity index (χ0) is 27.5. The smallest absolute Gasteiger partial charge is 0.242 e. The Hall–Kier alpha value is -4.63. The van der Waals surface area contributed by atoms with E-state index >= 15 is 0 Å². The van der Waals surface area contributed by atoms with Gasteiger partial charge in [0.2, 0.25) is 5.91 Å². The van der Waals surface area contributed by atoms with E-state index in [-0.39, 0.29) is 11.7 Å². The van der Waals surface area contributed by atoms with Crippen LogP contribution in [0.15, 0.2) is 96.4 Å². The molecule has 1 amide bonds. The first kappa shape index (κ1) is 25.6. The maximum atomic E-state index is 14.0. The van der Waals surface area contributed by atoms with Crippen molar-refractivity contribution in [3.05, 3.63) is 102 Å². The number of anilines is 2. The standard InChI is InChI=1S/C31H27N5O3S/c1-38-24-13-14-28(39-2)27(19-24)36-30(23-15-17-32-18-16-23)33-34-31(36)40-20-29(37)35-25-9-5-3-7-21(25)11-12-22-8-4-6-10-26(22)35/h3-10,13-19H,11-12,20H2,1-2H3.